The number of hydrogen-bond donors (Lipinski definition) is 3. The predicted molar refractivity (Wildman–Crippen MR) is 103 cm³/mol. The van der Waals surface area contributed by atoms with Crippen molar-refractivity contribution in [2.75, 3.05) is 23.4 Å². The van der Waals surface area contributed by atoms with Gasteiger partial charge in [-0.05, 0) is 31.9 Å². The average Bonchev–Trinajstić information content (AvgIpc) is 2.62. The van der Waals surface area contributed by atoms with E-state index in [4.69, 9.17) is 0 Å². The molecule has 2 rings (SSSR count). The van der Waals surface area contributed by atoms with Gasteiger partial charge in [-0.25, -0.2) is 0 Å². The molecule has 3 N–H and O–H groups in total. The van der Waals surface area contributed by atoms with Gasteiger partial charge < -0.3 is 15.7 Å². The third-order valence-corrected chi connectivity index (χ3v) is 5.62. The van der Waals surface area contributed by atoms with Gasteiger partial charge in [-0.3, -0.25) is 14.4 Å². The summed E-state index contributed by atoms with van der Waals surface area (Å²) in [6.07, 6.45) is 4.03. The van der Waals surface area contributed by atoms with Crippen LogP contribution in [0.3, 0.4) is 0 Å². The number of aryl methyl sites for hydroxylation is 1. The zero-order valence-corrected chi connectivity index (χ0v) is 15.9. The Hall–Kier alpha value is -2.02. The highest BCUT2D eigenvalue weighted by molar-refractivity contribution is 8.00. The van der Waals surface area contributed by atoms with Gasteiger partial charge in [-0.1, -0.05) is 37.0 Å². The number of amides is 2. The van der Waals surface area contributed by atoms with Crippen LogP contribution in [0.2, 0.25) is 0 Å². The van der Waals surface area contributed by atoms with Crippen molar-refractivity contribution in [1.29, 1.82) is 0 Å². The second-order valence-electron chi connectivity index (χ2n) is 6.83. The highest BCUT2D eigenvalue weighted by Gasteiger charge is 2.39. The standard InChI is InChI=1S/C19H26N2O4S/c1-14-5-7-15(8-6-14)21-17(23)12-26-11-16(22)20-13-19(18(24)25)9-3-2-4-10-19/h5-8H,2-4,9-13H2,1H3,(H,20,22)(H,21,23)(H,24,25). The number of nitrogens with one attached hydrogen (secondary N) is 2. The summed E-state index contributed by atoms with van der Waals surface area (Å²) in [5, 5.41) is 15.0. The fourth-order valence-electron chi connectivity index (χ4n) is 3.08. The molecule has 6 nitrogen and oxygen atoms in total. The van der Waals surface area contributed by atoms with E-state index >= 15 is 0 Å². The van der Waals surface area contributed by atoms with E-state index in [1.807, 2.05) is 31.2 Å². The number of carbonyl (C=O) groups is 3. The molecule has 0 aliphatic heterocycles. The highest BCUT2D eigenvalue weighted by atomic mass is 32.2. The number of anilines is 1. The van der Waals surface area contributed by atoms with Gasteiger partial charge in [0.25, 0.3) is 0 Å². The van der Waals surface area contributed by atoms with Crippen molar-refractivity contribution in [2.24, 2.45) is 5.41 Å². The summed E-state index contributed by atoms with van der Waals surface area (Å²) < 4.78 is 0. The van der Waals surface area contributed by atoms with Crippen LogP contribution < -0.4 is 10.6 Å². The first-order valence-corrected chi connectivity index (χ1v) is 10.0. The van der Waals surface area contributed by atoms with Crippen molar-refractivity contribution in [3.63, 3.8) is 0 Å². The van der Waals surface area contributed by atoms with Crippen LogP contribution in [-0.2, 0) is 14.4 Å². The van der Waals surface area contributed by atoms with Crippen LogP contribution in [0.25, 0.3) is 0 Å². The maximum Gasteiger partial charge on any atom is 0.311 e. The number of aliphatic carboxylic acids is 1. The van der Waals surface area contributed by atoms with Gasteiger partial charge in [0.1, 0.15) is 0 Å². The Bertz CT molecular complexity index is 639. The predicted octanol–water partition coefficient (Wildman–Crippen LogP) is 2.82. The molecular formula is C19H26N2O4S. The SMILES string of the molecule is Cc1ccc(NC(=O)CSCC(=O)NCC2(C(=O)O)CCCCC2)cc1. The molecule has 1 aliphatic carbocycles. The van der Waals surface area contributed by atoms with Crippen molar-refractivity contribution < 1.29 is 19.5 Å². The first-order valence-electron chi connectivity index (χ1n) is 8.86. The topological polar surface area (TPSA) is 95.5 Å². The summed E-state index contributed by atoms with van der Waals surface area (Å²) in [7, 11) is 0. The zero-order chi connectivity index (χ0) is 19.0. The van der Waals surface area contributed by atoms with Crippen molar-refractivity contribution in [1.82, 2.24) is 5.32 Å². The van der Waals surface area contributed by atoms with Gasteiger partial charge >= 0.3 is 5.97 Å². The average molecular weight is 378 g/mol. The Morgan fingerprint density at radius 1 is 1.04 bits per heavy atom. The number of benzene rings is 1. The molecule has 1 saturated carbocycles. The molecule has 0 bridgehead atoms. The van der Waals surface area contributed by atoms with Gasteiger partial charge in [-0.15, -0.1) is 11.8 Å². The van der Waals surface area contributed by atoms with Crippen molar-refractivity contribution in [2.45, 2.75) is 39.0 Å². The quantitative estimate of drug-likeness (QED) is 0.646. The van der Waals surface area contributed by atoms with Gasteiger partial charge in [0.2, 0.25) is 11.8 Å². The summed E-state index contributed by atoms with van der Waals surface area (Å²) in [6, 6.07) is 7.50. The fraction of sp³-hybridized carbons (Fsp3) is 0.526. The summed E-state index contributed by atoms with van der Waals surface area (Å²) in [5.74, 6) is -0.921. The first kappa shape index (κ1) is 20.3. The van der Waals surface area contributed by atoms with E-state index in [0.717, 1.165) is 30.5 Å². The first-order chi connectivity index (χ1) is 12.4. The van der Waals surface area contributed by atoms with E-state index in [1.54, 1.807) is 0 Å². The Balaban J connectivity index is 1.68. The summed E-state index contributed by atoms with van der Waals surface area (Å²) >= 11 is 1.21. The fourth-order valence-corrected chi connectivity index (χ4v) is 3.73. The molecule has 1 aliphatic rings. The monoisotopic (exact) mass is 378 g/mol. The van der Waals surface area contributed by atoms with Crippen LogP contribution >= 0.6 is 11.8 Å². The number of carboxylic acid groups (broad SMARTS) is 1. The van der Waals surface area contributed by atoms with E-state index in [1.165, 1.54) is 11.8 Å². The lowest BCUT2D eigenvalue weighted by Gasteiger charge is -2.33. The molecule has 0 atom stereocenters. The molecule has 0 spiro atoms. The van der Waals surface area contributed by atoms with Crippen LogP contribution in [-0.4, -0.2) is 40.9 Å². The smallest absolute Gasteiger partial charge is 0.311 e. The molecule has 1 aromatic rings. The molecule has 7 heteroatoms. The molecular weight excluding hydrogens is 352 g/mol. The molecule has 0 saturated heterocycles. The van der Waals surface area contributed by atoms with Crippen molar-refractivity contribution >= 4 is 35.2 Å². The molecule has 0 radical (unpaired) electrons. The molecule has 0 aromatic heterocycles. The highest BCUT2D eigenvalue weighted by Crippen LogP contribution is 2.36. The second-order valence-corrected chi connectivity index (χ2v) is 7.82. The third kappa shape index (κ3) is 6.05. The van der Waals surface area contributed by atoms with E-state index < -0.39 is 11.4 Å². The van der Waals surface area contributed by atoms with E-state index in [-0.39, 0.29) is 29.9 Å². The Morgan fingerprint density at radius 2 is 1.65 bits per heavy atom. The minimum atomic E-state index is -0.832. The minimum Gasteiger partial charge on any atom is -0.481 e. The molecule has 0 heterocycles. The van der Waals surface area contributed by atoms with Gasteiger partial charge in [-0.2, -0.15) is 0 Å². The van der Waals surface area contributed by atoms with E-state index in [9.17, 15) is 19.5 Å². The molecule has 0 unspecified atom stereocenters. The summed E-state index contributed by atoms with van der Waals surface area (Å²) in [6.45, 7) is 2.14. The summed E-state index contributed by atoms with van der Waals surface area (Å²) in [5.41, 5.74) is 1.01. The van der Waals surface area contributed by atoms with Crippen LogP contribution in [0.5, 0.6) is 0 Å². The number of rotatable bonds is 8. The van der Waals surface area contributed by atoms with Crippen molar-refractivity contribution in [3.05, 3.63) is 29.8 Å². The Morgan fingerprint density at radius 3 is 2.27 bits per heavy atom. The normalized spacial score (nSPS) is 15.9. The van der Waals surface area contributed by atoms with Gasteiger partial charge in [0, 0.05) is 12.2 Å². The molecule has 142 valence electrons. The van der Waals surface area contributed by atoms with Crippen LogP contribution in [0, 0.1) is 12.3 Å². The lowest BCUT2D eigenvalue weighted by Crippen LogP contribution is -2.44. The van der Waals surface area contributed by atoms with E-state index in [2.05, 4.69) is 10.6 Å². The lowest BCUT2D eigenvalue weighted by molar-refractivity contribution is -0.151. The lowest BCUT2D eigenvalue weighted by atomic mass is 9.74. The second kappa shape index (κ2) is 9.62. The largest absolute Gasteiger partial charge is 0.481 e. The number of carboxylic acids is 1. The number of thioether (sulfide) groups is 1. The van der Waals surface area contributed by atoms with E-state index in [0.29, 0.717) is 12.8 Å². The maximum absolute atomic E-state index is 12.0. The van der Waals surface area contributed by atoms with Gasteiger partial charge in [0.05, 0.1) is 16.9 Å². The van der Waals surface area contributed by atoms with Crippen LogP contribution in [0.4, 0.5) is 5.69 Å². The Labute approximate surface area is 158 Å². The zero-order valence-electron chi connectivity index (χ0n) is 15.0. The third-order valence-electron chi connectivity index (χ3n) is 4.69. The van der Waals surface area contributed by atoms with Crippen LogP contribution in [0.15, 0.2) is 24.3 Å². The van der Waals surface area contributed by atoms with Crippen molar-refractivity contribution in [3.8, 4) is 0 Å². The molecule has 1 aromatic carbocycles. The van der Waals surface area contributed by atoms with Gasteiger partial charge in [0.15, 0.2) is 0 Å². The maximum atomic E-state index is 12.0. The van der Waals surface area contributed by atoms with Crippen LogP contribution in [0.1, 0.15) is 37.7 Å². The summed E-state index contributed by atoms with van der Waals surface area (Å²) in [4.78, 5) is 35.4. The molecule has 1 fully saturated rings. The Kier molecular flexibility index (Phi) is 7.50. The molecule has 26 heavy (non-hydrogen) atoms. The molecule has 2 amide bonds. The minimum absolute atomic E-state index is 0.136. The number of hydrogen-bond acceptors (Lipinski definition) is 4. The number of carbonyl (C=O) groups excluding carboxylic acids is 2.